The van der Waals surface area contributed by atoms with E-state index in [2.05, 4.69) is 132 Å². The van der Waals surface area contributed by atoms with Gasteiger partial charge >= 0.3 is 0 Å². The second-order valence-corrected chi connectivity index (χ2v) is 10.4. The molecular formula is C35H41NO. The number of aryl methyl sites for hydroxylation is 1. The van der Waals surface area contributed by atoms with Crippen LogP contribution in [0, 0.1) is 6.92 Å². The van der Waals surface area contributed by atoms with Gasteiger partial charge in [0.05, 0.1) is 0 Å². The summed E-state index contributed by atoms with van der Waals surface area (Å²) in [6, 6.07) is 17.3. The van der Waals surface area contributed by atoms with Gasteiger partial charge in [0.25, 0.3) is 0 Å². The normalized spacial score (nSPS) is 20.3. The van der Waals surface area contributed by atoms with Crippen molar-refractivity contribution in [1.29, 1.82) is 0 Å². The average Bonchev–Trinajstić information content (AvgIpc) is 3.39. The number of ether oxygens (including phenoxy) is 1. The van der Waals surface area contributed by atoms with Crippen molar-refractivity contribution in [2.45, 2.75) is 65.9 Å². The van der Waals surface area contributed by atoms with E-state index in [1.165, 1.54) is 33.7 Å². The van der Waals surface area contributed by atoms with Crippen molar-refractivity contribution in [3.05, 3.63) is 136 Å². The molecule has 2 aromatic rings. The van der Waals surface area contributed by atoms with E-state index >= 15 is 0 Å². The Labute approximate surface area is 224 Å². The van der Waals surface area contributed by atoms with Gasteiger partial charge < -0.3 is 9.64 Å². The highest BCUT2D eigenvalue weighted by molar-refractivity contribution is 5.71. The highest BCUT2D eigenvalue weighted by Gasteiger charge is 2.39. The number of likely N-dealkylation sites (N-methyl/N-ethyl adjacent to an activating group) is 1. The van der Waals surface area contributed by atoms with Crippen LogP contribution in [0.3, 0.4) is 0 Å². The molecule has 1 unspecified atom stereocenters. The van der Waals surface area contributed by atoms with E-state index in [0.717, 1.165) is 36.3 Å². The van der Waals surface area contributed by atoms with E-state index in [9.17, 15) is 0 Å². The van der Waals surface area contributed by atoms with Gasteiger partial charge in [0.15, 0.2) is 0 Å². The first-order valence-electron chi connectivity index (χ1n) is 13.5. The quantitative estimate of drug-likeness (QED) is 0.341. The number of benzene rings is 2. The maximum Gasteiger partial charge on any atom is 0.149 e. The summed E-state index contributed by atoms with van der Waals surface area (Å²) in [5.74, 6) is 0.969. The lowest BCUT2D eigenvalue weighted by Gasteiger charge is -2.26. The third kappa shape index (κ3) is 5.16. The first kappa shape index (κ1) is 26.5. The molecule has 37 heavy (non-hydrogen) atoms. The standard InChI is InChI=1S/C35H41NO/c1-8-15-26(9-2)33(28-16-13-12-14-17-28)37-34-27(10-3)19-20-29(34)21-23-32-35(6,7)30-24-25(5)18-22-31(30)36(32)11-4/h8-10,12-18,21-24,33H,3,11,19-20H2,1-2,4-7H3/b15-8-,26-9+,29-21+,32-23+. The van der Waals surface area contributed by atoms with Crippen molar-refractivity contribution in [3.63, 3.8) is 0 Å². The molecule has 0 saturated carbocycles. The molecule has 1 aliphatic carbocycles. The van der Waals surface area contributed by atoms with Crippen LogP contribution in [0.4, 0.5) is 5.69 Å². The van der Waals surface area contributed by atoms with E-state index in [-0.39, 0.29) is 11.5 Å². The van der Waals surface area contributed by atoms with Gasteiger partial charge in [-0.3, -0.25) is 0 Å². The van der Waals surface area contributed by atoms with E-state index < -0.39 is 0 Å². The molecule has 0 aromatic heterocycles. The van der Waals surface area contributed by atoms with Crippen LogP contribution < -0.4 is 4.90 Å². The van der Waals surface area contributed by atoms with Crippen molar-refractivity contribution in [2.75, 3.05) is 11.4 Å². The summed E-state index contributed by atoms with van der Waals surface area (Å²) in [6.07, 6.45) is 14.7. The second kappa shape index (κ2) is 11.3. The van der Waals surface area contributed by atoms with Crippen molar-refractivity contribution in [1.82, 2.24) is 0 Å². The molecule has 0 fully saturated rings. The fourth-order valence-corrected chi connectivity index (χ4v) is 5.62. The van der Waals surface area contributed by atoms with Crippen molar-refractivity contribution in [2.24, 2.45) is 0 Å². The lowest BCUT2D eigenvalue weighted by Crippen LogP contribution is -2.25. The van der Waals surface area contributed by atoms with Crippen LogP contribution in [0.2, 0.25) is 0 Å². The van der Waals surface area contributed by atoms with Gasteiger partial charge in [-0.25, -0.2) is 0 Å². The highest BCUT2D eigenvalue weighted by Crippen LogP contribution is 2.48. The maximum absolute atomic E-state index is 6.89. The number of anilines is 1. The predicted octanol–water partition coefficient (Wildman–Crippen LogP) is 9.44. The van der Waals surface area contributed by atoms with Crippen LogP contribution >= 0.6 is 0 Å². The minimum absolute atomic E-state index is 0.0599. The average molecular weight is 492 g/mol. The number of allylic oxidation sites excluding steroid dienone is 8. The van der Waals surface area contributed by atoms with E-state index in [4.69, 9.17) is 4.74 Å². The van der Waals surface area contributed by atoms with Gasteiger partial charge in [-0.15, -0.1) is 0 Å². The molecule has 192 valence electrons. The zero-order chi connectivity index (χ0) is 26.6. The number of hydrogen-bond donors (Lipinski definition) is 0. The Kier molecular flexibility index (Phi) is 8.07. The smallest absolute Gasteiger partial charge is 0.149 e. The van der Waals surface area contributed by atoms with E-state index in [1.54, 1.807) is 0 Å². The van der Waals surface area contributed by atoms with E-state index in [0.29, 0.717) is 0 Å². The number of nitrogens with zero attached hydrogens (tertiary/aromatic N) is 1. The second-order valence-electron chi connectivity index (χ2n) is 10.4. The van der Waals surface area contributed by atoms with Crippen molar-refractivity contribution in [3.8, 4) is 0 Å². The Balaban J connectivity index is 1.75. The molecule has 0 radical (unpaired) electrons. The van der Waals surface area contributed by atoms with Gasteiger partial charge in [-0.1, -0.05) is 98.8 Å². The molecule has 0 spiro atoms. The summed E-state index contributed by atoms with van der Waals surface area (Å²) in [5, 5.41) is 0. The number of hydrogen-bond acceptors (Lipinski definition) is 2. The number of fused-ring (bicyclic) bond motifs is 1. The van der Waals surface area contributed by atoms with Gasteiger partial charge in [-0.2, -0.15) is 0 Å². The summed E-state index contributed by atoms with van der Waals surface area (Å²) >= 11 is 0. The van der Waals surface area contributed by atoms with Crippen LogP contribution in [0.15, 0.2) is 120 Å². The molecule has 0 saturated heterocycles. The highest BCUT2D eigenvalue weighted by atomic mass is 16.5. The Bertz CT molecular complexity index is 1300. The largest absolute Gasteiger partial charge is 0.480 e. The topological polar surface area (TPSA) is 12.5 Å². The number of rotatable bonds is 8. The van der Waals surface area contributed by atoms with Gasteiger partial charge in [-0.05, 0) is 80.5 Å². The predicted molar refractivity (Wildman–Crippen MR) is 159 cm³/mol. The molecule has 2 heteroatoms. The SMILES string of the molecule is C=CC1=C(OC(C(/C=C\C)=C/C)c2ccccc2)/C(=C/C=C2/N(CC)c3ccc(C)cc3C2(C)C)CC1. The summed E-state index contributed by atoms with van der Waals surface area (Å²) in [4.78, 5) is 2.45. The van der Waals surface area contributed by atoms with Gasteiger partial charge in [0, 0.05) is 23.3 Å². The van der Waals surface area contributed by atoms with E-state index in [1.807, 2.05) is 6.08 Å². The van der Waals surface area contributed by atoms with Crippen LogP contribution in [-0.2, 0) is 10.2 Å². The minimum atomic E-state index is -0.177. The molecule has 2 nitrogen and oxygen atoms in total. The first-order chi connectivity index (χ1) is 17.8. The molecule has 0 bridgehead atoms. The van der Waals surface area contributed by atoms with Crippen LogP contribution in [0.5, 0.6) is 0 Å². The summed E-state index contributed by atoms with van der Waals surface area (Å²) < 4.78 is 6.89. The van der Waals surface area contributed by atoms with Crippen LogP contribution in [0.1, 0.15) is 70.3 Å². The Morgan fingerprint density at radius 3 is 2.49 bits per heavy atom. The Morgan fingerprint density at radius 2 is 1.84 bits per heavy atom. The molecular weight excluding hydrogens is 450 g/mol. The Hall–Kier alpha value is -3.52. The Morgan fingerprint density at radius 1 is 1.08 bits per heavy atom. The fraction of sp³-hybridized carbons (Fsp3) is 0.314. The molecule has 0 amide bonds. The zero-order valence-electron chi connectivity index (χ0n) is 23.3. The van der Waals surface area contributed by atoms with Gasteiger partial charge in [0.2, 0.25) is 0 Å². The molecule has 1 atom stereocenters. The van der Waals surface area contributed by atoms with Crippen LogP contribution in [0.25, 0.3) is 0 Å². The third-order valence-electron chi connectivity index (χ3n) is 7.63. The lowest BCUT2D eigenvalue weighted by molar-refractivity contribution is 0.156. The summed E-state index contributed by atoms with van der Waals surface area (Å²) in [6.45, 7) is 18.3. The minimum Gasteiger partial charge on any atom is -0.480 e. The zero-order valence-corrected chi connectivity index (χ0v) is 23.3. The van der Waals surface area contributed by atoms with Gasteiger partial charge in [0.1, 0.15) is 11.9 Å². The molecule has 0 N–H and O–H groups in total. The molecule has 2 aromatic carbocycles. The first-order valence-corrected chi connectivity index (χ1v) is 13.5. The van der Waals surface area contributed by atoms with Crippen molar-refractivity contribution >= 4 is 5.69 Å². The monoisotopic (exact) mass is 491 g/mol. The fourth-order valence-electron chi connectivity index (χ4n) is 5.62. The van der Waals surface area contributed by atoms with Crippen LogP contribution in [-0.4, -0.2) is 6.54 Å². The maximum atomic E-state index is 6.89. The summed E-state index contributed by atoms with van der Waals surface area (Å²) in [7, 11) is 0. The van der Waals surface area contributed by atoms with Crippen molar-refractivity contribution < 1.29 is 4.74 Å². The molecule has 4 rings (SSSR count). The molecule has 1 heterocycles. The molecule has 2 aliphatic rings. The lowest BCUT2D eigenvalue weighted by atomic mass is 9.83. The molecule has 1 aliphatic heterocycles. The third-order valence-corrected chi connectivity index (χ3v) is 7.63. The summed E-state index contributed by atoms with van der Waals surface area (Å²) in [5.41, 5.74) is 10.0.